The molecule has 0 amide bonds. The number of rotatable bonds is 2. The summed E-state index contributed by atoms with van der Waals surface area (Å²) in [5.41, 5.74) is 6.62. The molecule has 0 saturated heterocycles. The molecule has 2 atom stereocenters. The summed E-state index contributed by atoms with van der Waals surface area (Å²) in [6.45, 7) is 0.729. The normalized spacial score (nSPS) is 25.3. The van der Waals surface area contributed by atoms with E-state index in [-0.39, 0.29) is 0 Å². The number of hydrogen-bond donors (Lipinski definition) is 1. The third kappa shape index (κ3) is 1.39. The summed E-state index contributed by atoms with van der Waals surface area (Å²) < 4.78 is 1.85. The van der Waals surface area contributed by atoms with Gasteiger partial charge < -0.3 is 5.73 Å². The first-order valence-electron chi connectivity index (χ1n) is 5.76. The molecule has 3 rings (SSSR count). The molecule has 0 aromatic carbocycles. The third-order valence-corrected chi connectivity index (χ3v) is 3.50. The summed E-state index contributed by atoms with van der Waals surface area (Å²) in [6.07, 6.45) is 5.35. The molecule has 1 aliphatic rings. The Balaban J connectivity index is 2.05. The van der Waals surface area contributed by atoms with E-state index < -0.39 is 0 Å². The molecule has 2 N–H and O–H groups in total. The van der Waals surface area contributed by atoms with Gasteiger partial charge in [0.25, 0.3) is 0 Å². The van der Waals surface area contributed by atoms with Crippen molar-refractivity contribution in [1.82, 2.24) is 19.8 Å². The molecular weight excluding hydrogens is 202 g/mol. The topological polar surface area (TPSA) is 69.1 Å². The summed E-state index contributed by atoms with van der Waals surface area (Å²) in [5, 5.41) is 12.7. The maximum Gasteiger partial charge on any atom is 0.177 e. The summed E-state index contributed by atoms with van der Waals surface area (Å²) in [7, 11) is 0. The van der Waals surface area contributed by atoms with Gasteiger partial charge in [0.05, 0.1) is 0 Å². The van der Waals surface area contributed by atoms with Gasteiger partial charge in [-0.15, -0.1) is 10.2 Å². The Hall–Kier alpha value is -1.49. The van der Waals surface area contributed by atoms with Gasteiger partial charge in [-0.05, 0) is 37.4 Å². The molecule has 2 aromatic rings. The van der Waals surface area contributed by atoms with Crippen LogP contribution < -0.4 is 5.73 Å². The Bertz CT molecular complexity index is 492. The van der Waals surface area contributed by atoms with E-state index in [0.29, 0.717) is 11.8 Å². The number of aromatic nitrogens is 4. The SMILES string of the molecule is NCC1CCCC1c1nnc2cccnn12. The molecular formula is C11H15N5. The second-order valence-corrected chi connectivity index (χ2v) is 4.39. The molecule has 2 aromatic heterocycles. The van der Waals surface area contributed by atoms with Crippen LogP contribution in [0.4, 0.5) is 0 Å². The predicted molar refractivity (Wildman–Crippen MR) is 59.9 cm³/mol. The molecule has 2 heterocycles. The maximum atomic E-state index is 5.80. The largest absolute Gasteiger partial charge is 0.330 e. The Morgan fingerprint density at radius 2 is 2.31 bits per heavy atom. The van der Waals surface area contributed by atoms with E-state index in [9.17, 15) is 0 Å². The van der Waals surface area contributed by atoms with Crippen LogP contribution >= 0.6 is 0 Å². The number of nitrogens with two attached hydrogens (primary N) is 1. The zero-order chi connectivity index (χ0) is 11.0. The average Bonchev–Trinajstić information content (AvgIpc) is 2.94. The van der Waals surface area contributed by atoms with E-state index in [0.717, 1.165) is 24.4 Å². The van der Waals surface area contributed by atoms with Crippen molar-refractivity contribution in [2.45, 2.75) is 25.2 Å². The summed E-state index contributed by atoms with van der Waals surface area (Å²) >= 11 is 0. The Kier molecular flexibility index (Phi) is 2.32. The fourth-order valence-corrected chi connectivity index (χ4v) is 2.65. The van der Waals surface area contributed by atoms with Gasteiger partial charge in [-0.1, -0.05) is 6.42 Å². The minimum Gasteiger partial charge on any atom is -0.330 e. The van der Waals surface area contributed by atoms with Crippen LogP contribution in [0, 0.1) is 5.92 Å². The zero-order valence-electron chi connectivity index (χ0n) is 9.08. The van der Waals surface area contributed by atoms with Gasteiger partial charge in [0.15, 0.2) is 11.5 Å². The maximum absolute atomic E-state index is 5.80. The Morgan fingerprint density at radius 3 is 3.19 bits per heavy atom. The molecule has 0 radical (unpaired) electrons. The van der Waals surface area contributed by atoms with E-state index >= 15 is 0 Å². The highest BCUT2D eigenvalue weighted by Gasteiger charge is 2.31. The highest BCUT2D eigenvalue weighted by molar-refractivity contribution is 5.35. The van der Waals surface area contributed by atoms with Gasteiger partial charge in [-0.3, -0.25) is 0 Å². The van der Waals surface area contributed by atoms with E-state index in [2.05, 4.69) is 15.3 Å². The van der Waals surface area contributed by atoms with Crippen molar-refractivity contribution >= 4 is 5.65 Å². The van der Waals surface area contributed by atoms with Crippen LogP contribution in [0.5, 0.6) is 0 Å². The van der Waals surface area contributed by atoms with Crippen molar-refractivity contribution in [3.05, 3.63) is 24.2 Å². The van der Waals surface area contributed by atoms with E-state index in [1.165, 1.54) is 12.8 Å². The molecule has 0 bridgehead atoms. The van der Waals surface area contributed by atoms with Crippen molar-refractivity contribution in [2.24, 2.45) is 11.7 Å². The molecule has 1 fully saturated rings. The monoisotopic (exact) mass is 217 g/mol. The molecule has 5 nitrogen and oxygen atoms in total. The highest BCUT2D eigenvalue weighted by atomic mass is 15.4. The minimum atomic E-state index is 0.426. The quantitative estimate of drug-likeness (QED) is 0.813. The van der Waals surface area contributed by atoms with E-state index in [1.807, 2.05) is 16.6 Å². The lowest BCUT2D eigenvalue weighted by molar-refractivity contribution is 0.469. The van der Waals surface area contributed by atoms with Crippen molar-refractivity contribution < 1.29 is 0 Å². The van der Waals surface area contributed by atoms with Crippen LogP contribution in [0.25, 0.3) is 5.65 Å². The van der Waals surface area contributed by atoms with Crippen LogP contribution in [0.3, 0.4) is 0 Å². The fourth-order valence-electron chi connectivity index (χ4n) is 2.65. The number of fused-ring (bicyclic) bond motifs is 1. The third-order valence-electron chi connectivity index (χ3n) is 3.50. The molecule has 1 aliphatic carbocycles. The van der Waals surface area contributed by atoms with Gasteiger partial charge in [-0.25, -0.2) is 0 Å². The number of nitrogens with zero attached hydrogens (tertiary/aromatic N) is 4. The van der Waals surface area contributed by atoms with Gasteiger partial charge in [0.2, 0.25) is 0 Å². The van der Waals surface area contributed by atoms with Crippen LogP contribution in [0.15, 0.2) is 18.3 Å². The summed E-state index contributed by atoms with van der Waals surface area (Å²) in [4.78, 5) is 0. The molecule has 1 saturated carbocycles. The molecule has 0 aliphatic heterocycles. The molecule has 84 valence electrons. The van der Waals surface area contributed by atoms with Crippen LogP contribution in [0.1, 0.15) is 31.0 Å². The highest BCUT2D eigenvalue weighted by Crippen LogP contribution is 2.37. The predicted octanol–water partition coefficient (Wildman–Crippen LogP) is 0.967. The van der Waals surface area contributed by atoms with Crippen LogP contribution in [-0.4, -0.2) is 26.4 Å². The Morgan fingerprint density at radius 1 is 1.38 bits per heavy atom. The minimum absolute atomic E-state index is 0.426. The van der Waals surface area contributed by atoms with Gasteiger partial charge in [0.1, 0.15) is 0 Å². The molecule has 0 spiro atoms. The average molecular weight is 217 g/mol. The lowest BCUT2D eigenvalue weighted by Gasteiger charge is -2.14. The smallest absolute Gasteiger partial charge is 0.177 e. The van der Waals surface area contributed by atoms with E-state index in [4.69, 9.17) is 5.73 Å². The Labute approximate surface area is 93.7 Å². The molecule has 2 unspecified atom stereocenters. The second-order valence-electron chi connectivity index (χ2n) is 4.39. The zero-order valence-corrected chi connectivity index (χ0v) is 9.08. The second kappa shape index (κ2) is 3.83. The van der Waals surface area contributed by atoms with Gasteiger partial charge in [-0.2, -0.15) is 9.61 Å². The lowest BCUT2D eigenvalue weighted by Crippen LogP contribution is -2.19. The van der Waals surface area contributed by atoms with Crippen LogP contribution in [-0.2, 0) is 0 Å². The van der Waals surface area contributed by atoms with Gasteiger partial charge in [0, 0.05) is 12.1 Å². The lowest BCUT2D eigenvalue weighted by atomic mass is 9.96. The van der Waals surface area contributed by atoms with Crippen molar-refractivity contribution in [1.29, 1.82) is 0 Å². The first kappa shape index (κ1) is 9.72. The first-order valence-corrected chi connectivity index (χ1v) is 5.76. The molecule has 5 heteroatoms. The van der Waals surface area contributed by atoms with Crippen LogP contribution in [0.2, 0.25) is 0 Å². The fraction of sp³-hybridized carbons (Fsp3) is 0.545. The molecule has 16 heavy (non-hydrogen) atoms. The number of hydrogen-bond acceptors (Lipinski definition) is 4. The summed E-state index contributed by atoms with van der Waals surface area (Å²) in [6, 6.07) is 3.80. The van der Waals surface area contributed by atoms with Crippen molar-refractivity contribution in [3.63, 3.8) is 0 Å². The van der Waals surface area contributed by atoms with E-state index in [1.54, 1.807) is 6.20 Å². The van der Waals surface area contributed by atoms with Crippen molar-refractivity contribution in [3.8, 4) is 0 Å². The van der Waals surface area contributed by atoms with Crippen molar-refractivity contribution in [2.75, 3.05) is 6.54 Å². The van der Waals surface area contributed by atoms with Gasteiger partial charge >= 0.3 is 0 Å². The standard InChI is InChI=1S/C11H15N5/c12-7-8-3-1-4-9(8)11-15-14-10-5-2-6-13-16(10)11/h2,5-6,8-9H,1,3-4,7,12H2. The first-order chi connectivity index (χ1) is 7.90. The summed E-state index contributed by atoms with van der Waals surface area (Å²) in [5.74, 6) is 1.94.